The second kappa shape index (κ2) is 10.5. The number of anilines is 1. The molecular formula is C20H17F8N7O2. The van der Waals surface area contributed by atoms with E-state index in [-0.39, 0.29) is 29.1 Å². The molecule has 0 bridgehead atoms. The third-order valence-electron chi connectivity index (χ3n) is 4.52. The summed E-state index contributed by atoms with van der Waals surface area (Å²) in [6.45, 7) is -0.0418. The monoisotopic (exact) mass is 539 g/mol. The molecule has 0 unspecified atom stereocenters. The number of carbonyl (C=O) groups is 1. The Hall–Kier alpha value is -4.05. The topological polar surface area (TPSA) is 107 Å². The van der Waals surface area contributed by atoms with Crippen LogP contribution in [0.2, 0.25) is 0 Å². The Morgan fingerprint density at radius 3 is 2.38 bits per heavy atom. The van der Waals surface area contributed by atoms with Crippen LogP contribution in [0.5, 0.6) is 5.88 Å². The van der Waals surface area contributed by atoms with Gasteiger partial charge in [-0.15, -0.1) is 5.10 Å². The lowest BCUT2D eigenvalue weighted by molar-refractivity contribution is -0.142. The second-order valence-corrected chi connectivity index (χ2v) is 7.52. The van der Waals surface area contributed by atoms with E-state index in [4.69, 9.17) is 0 Å². The molecule has 37 heavy (non-hydrogen) atoms. The molecule has 3 heterocycles. The maximum absolute atomic E-state index is 13.3. The van der Waals surface area contributed by atoms with Crippen molar-refractivity contribution in [2.75, 3.05) is 11.9 Å². The molecule has 2 N–H and O–H groups in total. The van der Waals surface area contributed by atoms with Crippen LogP contribution in [0.1, 0.15) is 22.6 Å². The molecule has 2 amide bonds. The van der Waals surface area contributed by atoms with Crippen molar-refractivity contribution in [2.45, 2.75) is 32.2 Å². The molecule has 0 saturated carbocycles. The predicted octanol–water partition coefficient (Wildman–Crippen LogP) is 4.58. The number of nitrogens with one attached hydrogen (secondary N) is 2. The summed E-state index contributed by atoms with van der Waals surface area (Å²) < 4.78 is 109. The number of aryl methyl sites for hydroxylation is 2. The Balaban J connectivity index is 1.71. The zero-order valence-corrected chi connectivity index (χ0v) is 18.9. The van der Waals surface area contributed by atoms with Gasteiger partial charge in [0.05, 0.1) is 23.5 Å². The smallest absolute Gasteiger partial charge is 0.435 e. The molecule has 0 radical (unpaired) electrons. The number of hydrogen-bond donors (Lipinski definition) is 2. The van der Waals surface area contributed by atoms with E-state index in [1.165, 1.54) is 20.0 Å². The van der Waals surface area contributed by atoms with Crippen molar-refractivity contribution in [3.8, 4) is 17.1 Å². The zero-order chi connectivity index (χ0) is 27.5. The highest BCUT2D eigenvalue weighted by atomic mass is 19.4. The standard InChI is InChI=1S/C20H17F8N7O2/c1-9-3-11(32-33-16(9)12-7-35(2)34-17(12)20(26,27)28)6-29-18(36)30-10-4-13(19(23,24)25)31-15(5-10)37-8-14(21)22/h3-5,7,14H,6,8H2,1-2H3,(H2,29,30,31,36). The molecule has 0 aliphatic carbocycles. The van der Waals surface area contributed by atoms with Gasteiger partial charge in [-0.1, -0.05) is 0 Å². The molecule has 0 fully saturated rings. The van der Waals surface area contributed by atoms with Gasteiger partial charge >= 0.3 is 18.4 Å². The number of halogens is 8. The first-order valence-electron chi connectivity index (χ1n) is 10.1. The minimum absolute atomic E-state index is 0.0820. The van der Waals surface area contributed by atoms with Crippen molar-refractivity contribution in [2.24, 2.45) is 7.05 Å². The summed E-state index contributed by atoms with van der Waals surface area (Å²) in [6, 6.07) is 1.65. The van der Waals surface area contributed by atoms with Gasteiger partial charge in [0.1, 0.15) is 0 Å². The van der Waals surface area contributed by atoms with E-state index in [0.29, 0.717) is 6.07 Å². The van der Waals surface area contributed by atoms with E-state index in [9.17, 15) is 39.9 Å². The fourth-order valence-electron chi connectivity index (χ4n) is 3.06. The van der Waals surface area contributed by atoms with Gasteiger partial charge in [-0.3, -0.25) is 4.68 Å². The molecule has 0 aliphatic heterocycles. The number of rotatable bonds is 7. The van der Waals surface area contributed by atoms with Crippen molar-refractivity contribution in [1.29, 1.82) is 0 Å². The Labute approximate surface area is 202 Å². The van der Waals surface area contributed by atoms with Crippen LogP contribution in [0.25, 0.3) is 11.3 Å². The predicted molar refractivity (Wildman–Crippen MR) is 111 cm³/mol. The molecule has 200 valence electrons. The number of alkyl halides is 8. The summed E-state index contributed by atoms with van der Waals surface area (Å²) in [7, 11) is 1.31. The van der Waals surface area contributed by atoms with Crippen molar-refractivity contribution in [1.82, 2.24) is 30.3 Å². The summed E-state index contributed by atoms with van der Waals surface area (Å²) in [5.41, 5.74) is -3.04. The summed E-state index contributed by atoms with van der Waals surface area (Å²) >= 11 is 0. The van der Waals surface area contributed by atoms with Crippen molar-refractivity contribution >= 4 is 11.7 Å². The number of urea groups is 1. The second-order valence-electron chi connectivity index (χ2n) is 7.52. The first-order chi connectivity index (χ1) is 17.1. The molecule has 3 rings (SSSR count). The maximum Gasteiger partial charge on any atom is 0.435 e. The SMILES string of the molecule is Cc1cc(CNC(=O)Nc2cc(OCC(F)F)nc(C(F)(F)F)c2)nnc1-c1cn(C)nc1C(F)(F)F. The van der Waals surface area contributed by atoms with Crippen molar-refractivity contribution in [3.05, 3.63) is 47.0 Å². The van der Waals surface area contributed by atoms with Gasteiger partial charge in [-0.25, -0.2) is 18.6 Å². The molecule has 17 heteroatoms. The van der Waals surface area contributed by atoms with E-state index >= 15 is 0 Å². The minimum Gasteiger partial charge on any atom is -0.472 e. The third-order valence-corrected chi connectivity index (χ3v) is 4.52. The summed E-state index contributed by atoms with van der Waals surface area (Å²) in [5, 5.41) is 15.4. The van der Waals surface area contributed by atoms with Crippen LogP contribution in [0.4, 0.5) is 45.6 Å². The molecule has 0 saturated heterocycles. The van der Waals surface area contributed by atoms with E-state index in [1.807, 2.05) is 0 Å². The normalized spacial score (nSPS) is 12.1. The molecule has 9 nitrogen and oxygen atoms in total. The summed E-state index contributed by atoms with van der Waals surface area (Å²) in [4.78, 5) is 15.3. The van der Waals surface area contributed by atoms with Crippen LogP contribution in [0.15, 0.2) is 24.4 Å². The van der Waals surface area contributed by atoms with Gasteiger partial charge in [-0.2, -0.15) is 36.5 Å². The van der Waals surface area contributed by atoms with Gasteiger partial charge in [0.15, 0.2) is 18.0 Å². The van der Waals surface area contributed by atoms with Crippen LogP contribution in [0, 0.1) is 6.92 Å². The fourth-order valence-corrected chi connectivity index (χ4v) is 3.06. The quantitative estimate of drug-likeness (QED) is 0.426. The Bertz CT molecular complexity index is 1270. The number of hydrogen-bond acceptors (Lipinski definition) is 6. The molecule has 0 atom stereocenters. The Kier molecular flexibility index (Phi) is 7.83. The summed E-state index contributed by atoms with van der Waals surface area (Å²) in [5.74, 6) is -0.781. The lowest BCUT2D eigenvalue weighted by atomic mass is 10.1. The average Bonchev–Trinajstić information content (AvgIpc) is 3.17. The van der Waals surface area contributed by atoms with Gasteiger partial charge in [0.25, 0.3) is 6.43 Å². The van der Waals surface area contributed by atoms with Crippen molar-refractivity contribution in [3.63, 3.8) is 0 Å². The minimum atomic E-state index is -4.95. The van der Waals surface area contributed by atoms with Gasteiger partial charge in [0.2, 0.25) is 5.88 Å². The molecule has 0 spiro atoms. The lowest BCUT2D eigenvalue weighted by Gasteiger charge is -2.13. The van der Waals surface area contributed by atoms with Crippen LogP contribution in [-0.4, -0.2) is 44.0 Å². The Morgan fingerprint density at radius 2 is 1.78 bits per heavy atom. The summed E-state index contributed by atoms with van der Waals surface area (Å²) in [6.07, 6.45) is -11.5. The van der Waals surface area contributed by atoms with Gasteiger partial charge < -0.3 is 15.4 Å². The average molecular weight is 539 g/mol. The van der Waals surface area contributed by atoms with E-state index in [1.54, 1.807) is 0 Å². The number of pyridine rings is 1. The van der Waals surface area contributed by atoms with Crippen LogP contribution >= 0.6 is 0 Å². The number of nitrogens with zero attached hydrogens (tertiary/aromatic N) is 5. The first-order valence-corrected chi connectivity index (χ1v) is 10.1. The molecule has 0 aromatic carbocycles. The van der Waals surface area contributed by atoms with Gasteiger partial charge in [0, 0.05) is 25.0 Å². The molecule has 3 aromatic rings. The zero-order valence-electron chi connectivity index (χ0n) is 18.9. The first kappa shape index (κ1) is 27.5. The number of ether oxygens (including phenoxy) is 1. The fraction of sp³-hybridized carbons (Fsp3) is 0.350. The number of amides is 2. The van der Waals surface area contributed by atoms with Crippen molar-refractivity contribution < 1.29 is 44.7 Å². The van der Waals surface area contributed by atoms with Crippen LogP contribution < -0.4 is 15.4 Å². The Morgan fingerprint density at radius 1 is 1.08 bits per heavy atom. The number of carbonyl (C=O) groups excluding carboxylic acids is 1. The van der Waals surface area contributed by atoms with Gasteiger partial charge in [-0.05, 0) is 24.6 Å². The lowest BCUT2D eigenvalue weighted by Crippen LogP contribution is -2.29. The van der Waals surface area contributed by atoms with E-state index in [0.717, 1.165) is 16.9 Å². The highest BCUT2D eigenvalue weighted by Gasteiger charge is 2.38. The van der Waals surface area contributed by atoms with E-state index in [2.05, 4.69) is 35.7 Å². The van der Waals surface area contributed by atoms with E-state index < -0.39 is 54.4 Å². The molecule has 3 aromatic heterocycles. The maximum atomic E-state index is 13.3. The molecular weight excluding hydrogens is 522 g/mol. The highest BCUT2D eigenvalue weighted by molar-refractivity contribution is 5.89. The van der Waals surface area contributed by atoms with Crippen LogP contribution in [0.3, 0.4) is 0 Å². The number of aromatic nitrogens is 5. The third kappa shape index (κ3) is 7.23. The highest BCUT2D eigenvalue weighted by Crippen LogP contribution is 2.36. The van der Waals surface area contributed by atoms with Crippen LogP contribution in [-0.2, 0) is 25.9 Å². The molecule has 0 aliphatic rings. The largest absolute Gasteiger partial charge is 0.472 e.